The van der Waals surface area contributed by atoms with E-state index in [1.54, 1.807) is 24.3 Å². The first-order valence-corrected chi connectivity index (χ1v) is 11.9. The molecule has 2 aromatic rings. The Bertz CT molecular complexity index is 1100. The number of hydrogen-bond acceptors (Lipinski definition) is 6. The molecule has 1 aromatic heterocycles. The Labute approximate surface area is 201 Å². The summed E-state index contributed by atoms with van der Waals surface area (Å²) in [6.45, 7) is 4.25. The van der Waals surface area contributed by atoms with Crippen molar-refractivity contribution < 1.29 is 19.1 Å². The summed E-state index contributed by atoms with van der Waals surface area (Å²) in [6, 6.07) is 6.51. The SMILES string of the molecule is COC(=O)C(C)(C)CN1C2CC[C@@H]1Cc1sc(NC(=O)Nc3ccc(Cl)cc3)c(C(N)=O)c12. The van der Waals surface area contributed by atoms with Crippen LogP contribution in [0.4, 0.5) is 15.5 Å². The van der Waals surface area contributed by atoms with Gasteiger partial charge in [0.05, 0.1) is 18.1 Å². The standard InChI is InChI=1S/C23H27ClN4O4S/c1-23(2,21(30)32-3)11-28-14-8-9-15(28)17-16(10-14)33-20(18(17)19(25)29)27-22(31)26-13-6-4-12(24)5-7-13/h4-7,14-15H,8-11H2,1-3H3,(H2,25,29)(H2,26,27,31)/t14-,15?/m1/s1. The number of urea groups is 1. The molecule has 4 rings (SSSR count). The van der Waals surface area contributed by atoms with Crippen molar-refractivity contribution in [3.63, 3.8) is 0 Å². The number of rotatable bonds is 6. The van der Waals surface area contributed by atoms with Crippen molar-refractivity contribution in [1.29, 1.82) is 0 Å². The van der Waals surface area contributed by atoms with Crippen molar-refractivity contribution in [2.24, 2.45) is 11.1 Å². The molecule has 3 amide bonds. The van der Waals surface area contributed by atoms with Crippen LogP contribution in [-0.4, -0.2) is 42.5 Å². The highest BCUT2D eigenvalue weighted by Gasteiger charge is 2.46. The Balaban J connectivity index is 1.59. The largest absolute Gasteiger partial charge is 0.469 e. The maximum absolute atomic E-state index is 12.6. The van der Waals surface area contributed by atoms with Gasteiger partial charge < -0.3 is 15.8 Å². The number of hydrogen-bond donors (Lipinski definition) is 3. The smallest absolute Gasteiger partial charge is 0.324 e. The molecule has 1 saturated heterocycles. The molecule has 8 nitrogen and oxygen atoms in total. The fourth-order valence-electron chi connectivity index (χ4n) is 4.84. The minimum absolute atomic E-state index is 0.0312. The summed E-state index contributed by atoms with van der Waals surface area (Å²) in [6.07, 6.45) is 2.58. The molecule has 2 atom stereocenters. The van der Waals surface area contributed by atoms with Gasteiger partial charge in [-0.15, -0.1) is 11.3 Å². The third-order valence-corrected chi connectivity index (χ3v) is 7.71. The van der Waals surface area contributed by atoms with E-state index in [0.717, 1.165) is 29.7 Å². The number of carbonyl (C=O) groups is 3. The maximum Gasteiger partial charge on any atom is 0.324 e. The molecule has 2 aliphatic rings. The lowest BCUT2D eigenvalue weighted by Gasteiger charge is -2.39. The van der Waals surface area contributed by atoms with Crippen LogP contribution in [0.1, 0.15) is 53.5 Å². The summed E-state index contributed by atoms with van der Waals surface area (Å²) in [4.78, 5) is 40.7. The molecule has 0 saturated carbocycles. The van der Waals surface area contributed by atoms with Crippen LogP contribution in [-0.2, 0) is 16.0 Å². The summed E-state index contributed by atoms with van der Waals surface area (Å²) >= 11 is 7.29. The van der Waals surface area contributed by atoms with E-state index in [0.29, 0.717) is 27.8 Å². The highest BCUT2D eigenvalue weighted by molar-refractivity contribution is 7.17. The number of thiophene rings is 1. The van der Waals surface area contributed by atoms with Crippen molar-refractivity contribution >= 4 is 51.5 Å². The minimum Gasteiger partial charge on any atom is -0.469 e. The molecule has 0 radical (unpaired) electrons. The number of methoxy groups -OCH3 is 1. The predicted octanol–water partition coefficient (Wildman–Crippen LogP) is 4.41. The zero-order chi connectivity index (χ0) is 23.9. The summed E-state index contributed by atoms with van der Waals surface area (Å²) in [5, 5.41) is 6.56. The first kappa shape index (κ1) is 23.5. The van der Waals surface area contributed by atoms with Crippen molar-refractivity contribution in [2.45, 2.75) is 45.2 Å². The van der Waals surface area contributed by atoms with E-state index in [-0.39, 0.29) is 18.1 Å². The van der Waals surface area contributed by atoms with Gasteiger partial charge in [0.2, 0.25) is 0 Å². The number of nitrogens with zero attached hydrogens (tertiary/aromatic N) is 1. The molecule has 176 valence electrons. The third-order valence-electron chi connectivity index (χ3n) is 6.31. The van der Waals surface area contributed by atoms with E-state index < -0.39 is 17.4 Å². The Morgan fingerprint density at radius 1 is 1.21 bits per heavy atom. The highest BCUT2D eigenvalue weighted by Crippen LogP contribution is 2.51. The maximum atomic E-state index is 12.6. The molecule has 0 aliphatic carbocycles. The van der Waals surface area contributed by atoms with Crippen LogP contribution in [0, 0.1) is 5.41 Å². The number of halogens is 1. The van der Waals surface area contributed by atoms with Gasteiger partial charge in [-0.05, 0) is 62.9 Å². The number of amides is 3. The average molecular weight is 491 g/mol. The van der Waals surface area contributed by atoms with Gasteiger partial charge in [0.15, 0.2) is 0 Å². The number of primary amides is 1. The Hall–Kier alpha value is -2.62. The predicted molar refractivity (Wildman–Crippen MR) is 129 cm³/mol. The van der Waals surface area contributed by atoms with E-state index in [1.165, 1.54) is 18.4 Å². The summed E-state index contributed by atoms with van der Waals surface area (Å²) in [7, 11) is 1.39. The lowest BCUT2D eigenvalue weighted by atomic mass is 9.89. The Morgan fingerprint density at radius 2 is 1.91 bits per heavy atom. The first-order chi connectivity index (χ1) is 15.6. The molecule has 4 N–H and O–H groups in total. The number of benzene rings is 1. The second-order valence-corrected chi connectivity index (χ2v) is 10.6. The van der Waals surface area contributed by atoms with E-state index >= 15 is 0 Å². The lowest BCUT2D eigenvalue weighted by molar-refractivity contribution is -0.152. The molecule has 0 spiro atoms. The Morgan fingerprint density at radius 3 is 2.55 bits per heavy atom. The van der Waals surface area contributed by atoms with Gasteiger partial charge in [-0.2, -0.15) is 0 Å². The highest BCUT2D eigenvalue weighted by atomic mass is 35.5. The van der Waals surface area contributed by atoms with Crippen LogP contribution >= 0.6 is 22.9 Å². The van der Waals surface area contributed by atoms with E-state index in [4.69, 9.17) is 22.1 Å². The minimum atomic E-state index is -0.685. The van der Waals surface area contributed by atoms with Crippen LogP contribution in [0.5, 0.6) is 0 Å². The van der Waals surface area contributed by atoms with Crippen molar-refractivity contribution in [1.82, 2.24) is 4.90 Å². The first-order valence-electron chi connectivity index (χ1n) is 10.7. The summed E-state index contributed by atoms with van der Waals surface area (Å²) in [5.74, 6) is -0.846. The van der Waals surface area contributed by atoms with Crippen molar-refractivity contribution in [2.75, 3.05) is 24.3 Å². The molecular formula is C23H27ClN4O4S. The molecule has 2 aliphatic heterocycles. The van der Waals surface area contributed by atoms with E-state index in [9.17, 15) is 14.4 Å². The fraction of sp³-hybridized carbons (Fsp3) is 0.435. The van der Waals surface area contributed by atoms with Gasteiger partial charge in [-0.25, -0.2) is 4.79 Å². The summed E-state index contributed by atoms with van der Waals surface area (Å²) in [5.41, 5.74) is 6.92. The van der Waals surface area contributed by atoms with Gasteiger partial charge in [-0.3, -0.25) is 19.8 Å². The van der Waals surface area contributed by atoms with Crippen LogP contribution in [0.2, 0.25) is 5.02 Å². The van der Waals surface area contributed by atoms with Gasteiger partial charge in [0, 0.05) is 34.2 Å². The second-order valence-electron chi connectivity index (χ2n) is 9.09. The van der Waals surface area contributed by atoms with Crippen LogP contribution in [0.25, 0.3) is 0 Å². The van der Waals surface area contributed by atoms with Gasteiger partial charge in [0.1, 0.15) is 5.00 Å². The lowest BCUT2D eigenvalue weighted by Crippen LogP contribution is -2.45. The van der Waals surface area contributed by atoms with Crippen molar-refractivity contribution in [3.8, 4) is 0 Å². The number of esters is 1. The molecule has 2 bridgehead atoms. The van der Waals surface area contributed by atoms with Crippen LogP contribution in [0.15, 0.2) is 24.3 Å². The van der Waals surface area contributed by atoms with E-state index in [2.05, 4.69) is 15.5 Å². The quantitative estimate of drug-likeness (QED) is 0.519. The van der Waals surface area contributed by atoms with Gasteiger partial charge in [0.25, 0.3) is 5.91 Å². The van der Waals surface area contributed by atoms with E-state index in [1.807, 2.05) is 13.8 Å². The number of nitrogens with two attached hydrogens (primary N) is 1. The third kappa shape index (κ3) is 4.58. The molecule has 33 heavy (non-hydrogen) atoms. The zero-order valence-corrected chi connectivity index (χ0v) is 20.3. The average Bonchev–Trinajstić information content (AvgIpc) is 3.24. The van der Waals surface area contributed by atoms with Gasteiger partial charge >= 0.3 is 12.0 Å². The molecular weight excluding hydrogens is 464 g/mol. The molecule has 1 fully saturated rings. The summed E-state index contributed by atoms with van der Waals surface area (Å²) < 4.78 is 4.98. The Kier molecular flexibility index (Phi) is 6.39. The molecule has 1 unspecified atom stereocenters. The number of anilines is 2. The van der Waals surface area contributed by atoms with Crippen LogP contribution in [0.3, 0.4) is 0 Å². The zero-order valence-electron chi connectivity index (χ0n) is 18.7. The number of ether oxygens (including phenoxy) is 1. The van der Waals surface area contributed by atoms with Gasteiger partial charge in [-0.1, -0.05) is 11.6 Å². The van der Waals surface area contributed by atoms with Crippen LogP contribution < -0.4 is 16.4 Å². The molecule has 10 heteroatoms. The molecule has 3 heterocycles. The number of fused-ring (bicyclic) bond motifs is 4. The number of nitrogens with one attached hydrogen (secondary N) is 2. The monoisotopic (exact) mass is 490 g/mol. The number of carbonyl (C=O) groups excluding carboxylic acids is 3. The topological polar surface area (TPSA) is 114 Å². The fourth-order valence-corrected chi connectivity index (χ4v) is 6.30. The second kappa shape index (κ2) is 8.96. The molecule has 1 aromatic carbocycles. The van der Waals surface area contributed by atoms with Crippen molar-refractivity contribution in [3.05, 3.63) is 45.3 Å². The normalized spacial score (nSPS) is 19.6.